The lowest BCUT2D eigenvalue weighted by Gasteiger charge is -2.35. The summed E-state index contributed by atoms with van der Waals surface area (Å²) in [5.74, 6) is 0.139. The molecule has 0 aliphatic carbocycles. The molecule has 1 fully saturated rings. The third-order valence-corrected chi connectivity index (χ3v) is 4.44. The van der Waals surface area contributed by atoms with Gasteiger partial charge in [-0.25, -0.2) is 0 Å². The number of rotatable bonds is 6. The maximum absolute atomic E-state index is 12.3. The van der Waals surface area contributed by atoms with Gasteiger partial charge in [-0.3, -0.25) is 9.69 Å². The molecule has 5 nitrogen and oxygen atoms in total. The Kier molecular flexibility index (Phi) is 6.04. The van der Waals surface area contributed by atoms with Crippen LogP contribution in [0.15, 0.2) is 54.6 Å². The largest absolute Gasteiger partial charge is 0.508 e. The third-order valence-electron chi connectivity index (χ3n) is 4.44. The van der Waals surface area contributed by atoms with Crippen LogP contribution in [0.1, 0.15) is 17.2 Å². The fourth-order valence-corrected chi connectivity index (χ4v) is 3.15. The highest BCUT2D eigenvalue weighted by atomic mass is 16.5. The molecule has 2 aromatic carbocycles. The van der Waals surface area contributed by atoms with Crippen molar-refractivity contribution in [3.63, 3.8) is 0 Å². The Morgan fingerprint density at radius 1 is 1.12 bits per heavy atom. The molecule has 1 heterocycles. The first-order valence-electron chi connectivity index (χ1n) is 8.64. The molecule has 25 heavy (non-hydrogen) atoms. The average Bonchev–Trinajstić information content (AvgIpc) is 2.64. The molecule has 1 atom stereocenters. The number of amides is 1. The Balaban J connectivity index is 1.62. The van der Waals surface area contributed by atoms with Crippen molar-refractivity contribution < 1.29 is 14.6 Å². The van der Waals surface area contributed by atoms with E-state index in [0.717, 1.165) is 31.9 Å². The molecule has 0 spiro atoms. The quantitative estimate of drug-likeness (QED) is 0.846. The van der Waals surface area contributed by atoms with Gasteiger partial charge in [0.1, 0.15) is 5.75 Å². The highest BCUT2D eigenvalue weighted by Gasteiger charge is 2.23. The van der Waals surface area contributed by atoms with Crippen molar-refractivity contribution in [1.29, 1.82) is 0 Å². The zero-order chi connectivity index (χ0) is 17.5. The SMILES string of the molecule is O=C(Cc1cccc(O)c1)NCC(c1ccccc1)N1CCOCC1. The summed E-state index contributed by atoms with van der Waals surface area (Å²) < 4.78 is 5.45. The topological polar surface area (TPSA) is 61.8 Å². The number of phenolic OH excluding ortho intramolecular Hbond substituents is 1. The van der Waals surface area contributed by atoms with Crippen LogP contribution in [-0.2, 0) is 16.0 Å². The lowest BCUT2D eigenvalue weighted by Crippen LogP contribution is -2.44. The van der Waals surface area contributed by atoms with E-state index >= 15 is 0 Å². The van der Waals surface area contributed by atoms with Crippen molar-refractivity contribution in [3.8, 4) is 5.75 Å². The Morgan fingerprint density at radius 3 is 2.60 bits per heavy atom. The number of phenols is 1. The van der Waals surface area contributed by atoms with Gasteiger partial charge in [0.05, 0.1) is 25.7 Å². The number of hydrogen-bond donors (Lipinski definition) is 2. The molecule has 1 aliphatic rings. The maximum atomic E-state index is 12.3. The van der Waals surface area contributed by atoms with Crippen LogP contribution in [0, 0.1) is 0 Å². The van der Waals surface area contributed by atoms with Crippen molar-refractivity contribution in [1.82, 2.24) is 10.2 Å². The summed E-state index contributed by atoms with van der Waals surface area (Å²) in [6, 6.07) is 17.2. The van der Waals surface area contributed by atoms with Crippen LogP contribution in [0.25, 0.3) is 0 Å². The first kappa shape index (κ1) is 17.5. The molecule has 2 N–H and O–H groups in total. The van der Waals surface area contributed by atoms with Gasteiger partial charge in [-0.15, -0.1) is 0 Å². The number of ether oxygens (including phenoxy) is 1. The van der Waals surface area contributed by atoms with E-state index in [-0.39, 0.29) is 24.1 Å². The van der Waals surface area contributed by atoms with Crippen LogP contribution in [0.2, 0.25) is 0 Å². The molecule has 0 saturated carbocycles. The molecule has 1 aliphatic heterocycles. The summed E-state index contributed by atoms with van der Waals surface area (Å²) >= 11 is 0. The van der Waals surface area contributed by atoms with Crippen LogP contribution in [0.3, 0.4) is 0 Å². The fraction of sp³-hybridized carbons (Fsp3) is 0.350. The van der Waals surface area contributed by atoms with E-state index < -0.39 is 0 Å². The molecule has 5 heteroatoms. The molecule has 1 saturated heterocycles. The molecule has 1 unspecified atom stereocenters. The van der Waals surface area contributed by atoms with Gasteiger partial charge >= 0.3 is 0 Å². The maximum Gasteiger partial charge on any atom is 0.224 e. The summed E-state index contributed by atoms with van der Waals surface area (Å²) in [5.41, 5.74) is 2.00. The Bertz CT molecular complexity index is 684. The zero-order valence-electron chi connectivity index (χ0n) is 14.2. The highest BCUT2D eigenvalue weighted by Crippen LogP contribution is 2.21. The predicted octanol–water partition coefficient (Wildman–Crippen LogP) is 2.12. The smallest absolute Gasteiger partial charge is 0.224 e. The lowest BCUT2D eigenvalue weighted by atomic mass is 10.0. The molecule has 132 valence electrons. The molecule has 2 aromatic rings. The third kappa shape index (κ3) is 5.05. The first-order chi connectivity index (χ1) is 12.2. The summed E-state index contributed by atoms with van der Waals surface area (Å²) in [4.78, 5) is 14.7. The second-order valence-electron chi connectivity index (χ2n) is 6.23. The first-order valence-corrected chi connectivity index (χ1v) is 8.64. The van der Waals surface area contributed by atoms with E-state index in [0.29, 0.717) is 6.54 Å². The standard InChI is InChI=1S/C20H24N2O3/c23-18-8-4-5-16(13-18)14-20(24)21-15-19(17-6-2-1-3-7-17)22-9-11-25-12-10-22/h1-8,13,19,23H,9-12,14-15H2,(H,21,24). The van der Waals surface area contributed by atoms with Crippen molar-refractivity contribution in [2.45, 2.75) is 12.5 Å². The monoisotopic (exact) mass is 340 g/mol. The summed E-state index contributed by atoms with van der Waals surface area (Å²) in [6.45, 7) is 3.73. The Labute approximate surface area is 148 Å². The van der Waals surface area contributed by atoms with Crippen LogP contribution in [-0.4, -0.2) is 48.8 Å². The molecule has 0 bridgehead atoms. The second kappa shape index (κ2) is 8.65. The van der Waals surface area contributed by atoms with Crippen molar-refractivity contribution in [2.75, 3.05) is 32.8 Å². The number of hydrogen-bond acceptors (Lipinski definition) is 4. The molecule has 3 rings (SSSR count). The van der Waals surface area contributed by atoms with E-state index in [2.05, 4.69) is 22.3 Å². The fourth-order valence-electron chi connectivity index (χ4n) is 3.15. The van der Waals surface area contributed by atoms with E-state index in [1.54, 1.807) is 18.2 Å². The van der Waals surface area contributed by atoms with Gasteiger partial charge in [0, 0.05) is 19.6 Å². The minimum atomic E-state index is -0.0419. The zero-order valence-corrected chi connectivity index (χ0v) is 14.2. The van der Waals surface area contributed by atoms with Gasteiger partial charge in [-0.1, -0.05) is 42.5 Å². The van der Waals surface area contributed by atoms with Gasteiger partial charge < -0.3 is 15.2 Å². The Hall–Kier alpha value is -2.37. The Morgan fingerprint density at radius 2 is 1.88 bits per heavy atom. The summed E-state index contributed by atoms with van der Waals surface area (Å²) in [6.07, 6.45) is 0.263. The van der Waals surface area contributed by atoms with Crippen LogP contribution in [0.4, 0.5) is 0 Å². The average molecular weight is 340 g/mol. The molecular weight excluding hydrogens is 316 g/mol. The van der Waals surface area contributed by atoms with Gasteiger partial charge in [0.15, 0.2) is 0 Å². The number of carbonyl (C=O) groups is 1. The van der Waals surface area contributed by atoms with E-state index in [9.17, 15) is 9.90 Å². The van der Waals surface area contributed by atoms with E-state index in [1.165, 1.54) is 5.56 Å². The highest BCUT2D eigenvalue weighted by molar-refractivity contribution is 5.78. The molecule has 0 aromatic heterocycles. The van der Waals surface area contributed by atoms with Crippen LogP contribution >= 0.6 is 0 Å². The van der Waals surface area contributed by atoms with Crippen molar-refractivity contribution in [2.24, 2.45) is 0 Å². The van der Waals surface area contributed by atoms with Crippen molar-refractivity contribution >= 4 is 5.91 Å². The molecular formula is C20H24N2O3. The lowest BCUT2D eigenvalue weighted by molar-refractivity contribution is -0.120. The second-order valence-corrected chi connectivity index (χ2v) is 6.23. The number of benzene rings is 2. The molecule has 1 amide bonds. The van der Waals surface area contributed by atoms with Gasteiger partial charge in [-0.05, 0) is 23.3 Å². The van der Waals surface area contributed by atoms with Gasteiger partial charge in [0.2, 0.25) is 5.91 Å². The number of morpholine rings is 1. The van der Waals surface area contributed by atoms with Gasteiger partial charge in [-0.2, -0.15) is 0 Å². The van der Waals surface area contributed by atoms with Gasteiger partial charge in [0.25, 0.3) is 0 Å². The number of nitrogens with one attached hydrogen (secondary N) is 1. The van der Waals surface area contributed by atoms with Crippen molar-refractivity contribution in [3.05, 3.63) is 65.7 Å². The van der Waals surface area contributed by atoms with E-state index in [1.807, 2.05) is 24.3 Å². The minimum Gasteiger partial charge on any atom is -0.508 e. The van der Waals surface area contributed by atoms with E-state index in [4.69, 9.17) is 4.74 Å². The number of nitrogens with zero attached hydrogens (tertiary/aromatic N) is 1. The molecule has 0 radical (unpaired) electrons. The minimum absolute atomic E-state index is 0.0419. The summed E-state index contributed by atoms with van der Waals surface area (Å²) in [7, 11) is 0. The summed E-state index contributed by atoms with van der Waals surface area (Å²) in [5, 5.41) is 12.6. The number of carbonyl (C=O) groups excluding carboxylic acids is 1. The number of aromatic hydroxyl groups is 1. The van der Waals surface area contributed by atoms with Crippen LogP contribution in [0.5, 0.6) is 5.75 Å². The van der Waals surface area contributed by atoms with Crippen LogP contribution < -0.4 is 5.32 Å². The predicted molar refractivity (Wildman–Crippen MR) is 96.4 cm³/mol. The normalized spacial score (nSPS) is 16.3.